The molecule has 12 heteroatoms. The average molecular weight is 619 g/mol. The Bertz CT molecular complexity index is 1420. The van der Waals surface area contributed by atoms with Crippen LogP contribution in [0.3, 0.4) is 0 Å². The summed E-state index contributed by atoms with van der Waals surface area (Å²) in [4.78, 5) is 12.6. The molecule has 3 rings (SSSR count). The van der Waals surface area contributed by atoms with Crippen molar-refractivity contribution in [3.05, 3.63) is 39.6 Å². The Labute approximate surface area is 235 Å². The van der Waals surface area contributed by atoms with E-state index in [1.807, 2.05) is 18.2 Å². The van der Waals surface area contributed by atoms with Crippen molar-refractivity contribution in [2.45, 2.75) is 89.7 Å². The highest BCUT2D eigenvalue weighted by molar-refractivity contribution is 7.96. The number of thiophene rings is 1. The molecule has 1 aromatic heterocycles. The number of ketones is 1. The molecule has 5 nitrogen and oxygen atoms in total. The van der Waals surface area contributed by atoms with Gasteiger partial charge in [-0.2, -0.15) is 13.2 Å². The molecule has 1 heterocycles. The van der Waals surface area contributed by atoms with Crippen LogP contribution in [-0.2, 0) is 9.84 Å². The molecule has 0 bridgehead atoms. The first kappa shape index (κ1) is 31.6. The minimum atomic E-state index is -5.59. The van der Waals surface area contributed by atoms with Gasteiger partial charge in [0.2, 0.25) is 0 Å². The van der Waals surface area contributed by atoms with Gasteiger partial charge in [0.1, 0.15) is 11.5 Å². The number of Topliss-reactive ketones (excluding diaryl/α,β-unsaturated/α-hetero) is 1. The van der Waals surface area contributed by atoms with E-state index < -0.39 is 49.1 Å². The monoisotopic (exact) mass is 618 g/mol. The maximum atomic E-state index is 13.1. The van der Waals surface area contributed by atoms with Gasteiger partial charge in [0.15, 0.2) is 5.78 Å². The molecule has 0 amide bonds. The molecule has 0 spiro atoms. The number of sulfone groups is 1. The standard InChI is InChI=1S/C27H37F3O5S2Si2/c1-25(2,3)38(7,8)34-21-12-11-17(13-22(21)35-39(9,10)26(4,5)6)23-16-19-20(31)14-18(15-24(19)36-23)37(32,33)27(28,29)30/h11-13,15-16H,14H2,1-10H3. The maximum absolute atomic E-state index is 13.1. The predicted molar refractivity (Wildman–Crippen MR) is 157 cm³/mol. The van der Waals surface area contributed by atoms with Gasteiger partial charge in [-0.1, -0.05) is 41.5 Å². The molecule has 0 atom stereocenters. The molecule has 0 saturated carbocycles. The molecular formula is C27H37F3O5S2Si2. The van der Waals surface area contributed by atoms with Crippen molar-refractivity contribution in [1.82, 2.24) is 0 Å². The van der Waals surface area contributed by atoms with Gasteiger partial charge in [0, 0.05) is 21.7 Å². The summed E-state index contributed by atoms with van der Waals surface area (Å²) in [6, 6.07) is 7.13. The maximum Gasteiger partial charge on any atom is 0.501 e. The Kier molecular flexibility index (Phi) is 8.01. The molecule has 216 valence electrons. The molecule has 0 unspecified atom stereocenters. The Morgan fingerprint density at radius 2 is 1.36 bits per heavy atom. The normalized spacial score (nSPS) is 15.6. The number of benzene rings is 1. The Hall–Kier alpha value is -1.90. The van der Waals surface area contributed by atoms with Crippen LogP contribution >= 0.6 is 11.3 Å². The molecule has 39 heavy (non-hydrogen) atoms. The summed E-state index contributed by atoms with van der Waals surface area (Å²) in [5.74, 6) is 0.553. The second kappa shape index (κ2) is 9.88. The summed E-state index contributed by atoms with van der Waals surface area (Å²) in [7, 11) is -10.1. The van der Waals surface area contributed by atoms with E-state index in [0.717, 1.165) is 17.4 Å². The number of carbonyl (C=O) groups excluding carboxylic acids is 1. The van der Waals surface area contributed by atoms with E-state index in [4.69, 9.17) is 8.85 Å². The van der Waals surface area contributed by atoms with Gasteiger partial charge in [-0.05, 0) is 72.2 Å². The fourth-order valence-corrected chi connectivity index (χ4v) is 7.47. The summed E-state index contributed by atoms with van der Waals surface area (Å²) in [5, 5.41) is -0.134. The number of hydrogen-bond acceptors (Lipinski definition) is 6. The van der Waals surface area contributed by atoms with Gasteiger partial charge in [-0.3, -0.25) is 4.79 Å². The van der Waals surface area contributed by atoms with Crippen molar-refractivity contribution in [2.24, 2.45) is 0 Å². The number of hydrogen-bond donors (Lipinski definition) is 0. The highest BCUT2D eigenvalue weighted by Crippen LogP contribution is 2.46. The zero-order valence-corrected chi connectivity index (χ0v) is 27.7. The number of rotatable bonds is 6. The number of halogens is 3. The van der Waals surface area contributed by atoms with E-state index in [2.05, 4.69) is 67.7 Å². The third-order valence-electron chi connectivity index (χ3n) is 7.91. The molecule has 1 aliphatic rings. The van der Waals surface area contributed by atoms with E-state index in [-0.39, 0.29) is 20.5 Å². The lowest BCUT2D eigenvalue weighted by atomic mass is 10.0. The Morgan fingerprint density at radius 3 is 1.85 bits per heavy atom. The molecular weight excluding hydrogens is 582 g/mol. The lowest BCUT2D eigenvalue weighted by molar-refractivity contribution is -0.0426. The smallest absolute Gasteiger partial charge is 0.501 e. The lowest BCUT2D eigenvalue weighted by Gasteiger charge is -2.39. The molecule has 1 aromatic carbocycles. The Balaban J connectivity index is 2.13. The minimum absolute atomic E-state index is 0.0477. The topological polar surface area (TPSA) is 69.7 Å². The SMILES string of the molecule is CC(C)(C)[Si](C)(C)Oc1ccc(-c2cc3c(s2)C=C(S(=O)(=O)C(F)(F)F)CC3=O)cc1O[Si](C)(C)C(C)(C)C. The van der Waals surface area contributed by atoms with Crippen LogP contribution in [0.4, 0.5) is 13.2 Å². The van der Waals surface area contributed by atoms with Gasteiger partial charge in [0.05, 0.1) is 4.91 Å². The molecule has 0 N–H and O–H groups in total. The fraction of sp³-hybridized carbons (Fsp3) is 0.519. The van der Waals surface area contributed by atoms with E-state index in [1.165, 1.54) is 0 Å². The number of carbonyl (C=O) groups is 1. The second-order valence-electron chi connectivity index (χ2n) is 12.9. The molecule has 0 saturated heterocycles. The van der Waals surface area contributed by atoms with E-state index in [0.29, 0.717) is 21.9 Å². The van der Waals surface area contributed by atoms with Gasteiger partial charge in [-0.15, -0.1) is 11.3 Å². The Morgan fingerprint density at radius 1 is 0.846 bits per heavy atom. The quantitative estimate of drug-likeness (QED) is 0.302. The summed E-state index contributed by atoms with van der Waals surface area (Å²) in [6.45, 7) is 21.4. The summed E-state index contributed by atoms with van der Waals surface area (Å²) >= 11 is 1.07. The van der Waals surface area contributed by atoms with Crippen molar-refractivity contribution in [3.63, 3.8) is 0 Å². The average Bonchev–Trinajstić information content (AvgIpc) is 3.17. The van der Waals surface area contributed by atoms with Crippen LogP contribution in [0.2, 0.25) is 36.3 Å². The predicted octanol–water partition coefficient (Wildman–Crippen LogP) is 9.04. The van der Waals surface area contributed by atoms with Crippen molar-refractivity contribution in [3.8, 4) is 21.9 Å². The van der Waals surface area contributed by atoms with Gasteiger partial charge >= 0.3 is 5.51 Å². The van der Waals surface area contributed by atoms with E-state index in [9.17, 15) is 26.4 Å². The molecule has 2 aromatic rings. The van der Waals surface area contributed by atoms with Crippen molar-refractivity contribution < 1.29 is 35.2 Å². The first-order valence-electron chi connectivity index (χ1n) is 12.6. The first-order valence-corrected chi connectivity index (χ1v) is 20.7. The molecule has 0 fully saturated rings. The van der Waals surface area contributed by atoms with Crippen LogP contribution in [0.5, 0.6) is 11.5 Å². The highest BCUT2D eigenvalue weighted by atomic mass is 32.2. The summed E-state index contributed by atoms with van der Waals surface area (Å²) in [6.07, 6.45) is 0.153. The third kappa shape index (κ3) is 6.23. The molecule has 1 aliphatic carbocycles. The van der Waals surface area contributed by atoms with Crippen LogP contribution in [0.25, 0.3) is 16.5 Å². The van der Waals surface area contributed by atoms with Crippen LogP contribution in [-0.4, -0.2) is 36.3 Å². The number of allylic oxidation sites excluding steroid dienone is 1. The zero-order chi connectivity index (χ0) is 30.0. The number of fused-ring (bicyclic) bond motifs is 1. The van der Waals surface area contributed by atoms with Crippen LogP contribution < -0.4 is 8.85 Å². The number of alkyl halides is 3. The van der Waals surface area contributed by atoms with Gasteiger partial charge < -0.3 is 8.85 Å². The van der Waals surface area contributed by atoms with Crippen LogP contribution in [0.1, 0.15) is 63.2 Å². The van der Waals surface area contributed by atoms with E-state index >= 15 is 0 Å². The second-order valence-corrected chi connectivity index (χ2v) is 25.5. The summed E-state index contributed by atoms with van der Waals surface area (Å²) in [5.41, 5.74) is -4.55. The zero-order valence-electron chi connectivity index (χ0n) is 24.1. The first-order chi connectivity index (χ1) is 17.4. The highest BCUT2D eigenvalue weighted by Gasteiger charge is 2.49. The molecule has 0 radical (unpaired) electrons. The summed E-state index contributed by atoms with van der Waals surface area (Å²) < 4.78 is 76.6. The van der Waals surface area contributed by atoms with E-state index in [1.54, 1.807) is 6.07 Å². The van der Waals surface area contributed by atoms with Gasteiger partial charge in [0.25, 0.3) is 26.5 Å². The van der Waals surface area contributed by atoms with Crippen molar-refractivity contribution in [1.29, 1.82) is 0 Å². The largest absolute Gasteiger partial charge is 0.541 e. The molecule has 0 aliphatic heterocycles. The van der Waals surface area contributed by atoms with Crippen molar-refractivity contribution >= 4 is 49.7 Å². The third-order valence-corrected chi connectivity index (χ3v) is 19.3. The van der Waals surface area contributed by atoms with Crippen LogP contribution in [0, 0.1) is 0 Å². The van der Waals surface area contributed by atoms with Gasteiger partial charge in [-0.25, -0.2) is 8.42 Å². The minimum Gasteiger partial charge on any atom is -0.541 e. The lowest BCUT2D eigenvalue weighted by Crippen LogP contribution is -2.45. The van der Waals surface area contributed by atoms with Crippen LogP contribution in [0.15, 0.2) is 29.2 Å². The fourth-order valence-electron chi connectivity index (χ4n) is 3.33. The van der Waals surface area contributed by atoms with Crippen molar-refractivity contribution in [2.75, 3.05) is 0 Å².